The van der Waals surface area contributed by atoms with E-state index in [9.17, 15) is 31.1 Å². The van der Waals surface area contributed by atoms with Crippen LogP contribution in [0, 0.1) is 23.7 Å². The molecule has 10 atom stereocenters. The van der Waals surface area contributed by atoms with Crippen LogP contribution >= 0.6 is 11.6 Å². The number of nitrogens with one attached hydrogen (secondary N) is 6. The maximum atomic E-state index is 14.8. The smallest absolute Gasteiger partial charge is 0.390 e. The second-order valence-electron chi connectivity index (χ2n) is 28.9. The van der Waals surface area contributed by atoms with E-state index in [-0.39, 0.29) is 83.2 Å². The molecule has 2 aliphatic carbocycles. The predicted octanol–water partition coefficient (Wildman–Crippen LogP) is 12.8. The Balaban J connectivity index is 1.20. The molecule has 7 rings (SSSR count). The number of hydrogen-bond acceptors (Lipinski definition) is 13. The van der Waals surface area contributed by atoms with Gasteiger partial charge in [0, 0.05) is 168 Å². The van der Waals surface area contributed by atoms with Crippen LogP contribution < -0.4 is 31.9 Å². The first kappa shape index (κ1) is 75.5. The van der Waals surface area contributed by atoms with E-state index < -0.39 is 30.6 Å². The molecule has 5 unspecified atom stereocenters. The lowest BCUT2D eigenvalue weighted by Crippen LogP contribution is -2.76. The number of carbonyl (C=O) groups excluding carboxylic acids is 1. The van der Waals surface area contributed by atoms with Crippen molar-refractivity contribution < 1.29 is 35.9 Å². The largest absolute Gasteiger partial charge is 0.417 e. The number of benzene rings is 1. The lowest BCUT2D eigenvalue weighted by molar-refractivity contribution is -0.175. The van der Waals surface area contributed by atoms with E-state index in [1.165, 1.54) is 55.6 Å². The molecule has 6 aliphatic rings. The summed E-state index contributed by atoms with van der Waals surface area (Å²) in [7, 11) is 4.13. The summed E-state index contributed by atoms with van der Waals surface area (Å²) in [6, 6.07) is 3.59. The third-order valence-electron chi connectivity index (χ3n) is 20.7. The Kier molecular flexibility index (Phi) is 29.5. The third kappa shape index (κ3) is 22.6. The Hall–Kier alpha value is -3.89. The number of fused-ring (bicyclic) bond motifs is 2. The molecule has 6 N–H and O–H groups in total. The first-order valence-corrected chi connectivity index (χ1v) is 35.6. The lowest BCUT2D eigenvalue weighted by Gasteiger charge is -2.60. The molecule has 2 saturated carbocycles. The summed E-state index contributed by atoms with van der Waals surface area (Å²) >= 11 is 6.18. The number of amides is 1. The number of rotatable bonds is 12. The van der Waals surface area contributed by atoms with Crippen LogP contribution in [-0.4, -0.2) is 182 Å². The van der Waals surface area contributed by atoms with Gasteiger partial charge in [0.15, 0.2) is 0 Å². The maximum absolute atomic E-state index is 14.8. The normalized spacial score (nSPS) is 29.3. The van der Waals surface area contributed by atoms with Crippen molar-refractivity contribution in [1.29, 1.82) is 0 Å². The predicted molar refractivity (Wildman–Crippen MR) is 363 cm³/mol. The molecule has 92 heavy (non-hydrogen) atoms. The highest BCUT2D eigenvalue weighted by Gasteiger charge is 2.55. The van der Waals surface area contributed by atoms with E-state index in [1.54, 1.807) is 6.20 Å². The molecular weight excluding hydrogens is 1200 g/mol. The van der Waals surface area contributed by atoms with Crippen LogP contribution in [0.2, 0.25) is 5.02 Å². The van der Waals surface area contributed by atoms with Gasteiger partial charge in [0.05, 0.1) is 23.1 Å². The summed E-state index contributed by atoms with van der Waals surface area (Å²) in [5.41, 5.74) is 2.85. The van der Waals surface area contributed by atoms with E-state index in [0.29, 0.717) is 49.9 Å². The van der Waals surface area contributed by atoms with Crippen LogP contribution in [-0.2, 0) is 22.1 Å². The zero-order valence-electron chi connectivity index (χ0n) is 57.6. The number of halogens is 7. The summed E-state index contributed by atoms with van der Waals surface area (Å²) in [6.45, 7) is 24.4. The van der Waals surface area contributed by atoms with Gasteiger partial charge in [-0.3, -0.25) is 14.7 Å². The molecule has 1 amide bonds. The van der Waals surface area contributed by atoms with Crippen molar-refractivity contribution in [2.45, 2.75) is 250 Å². The number of allylic oxidation sites excluding steroid dienone is 3. The summed E-state index contributed by atoms with van der Waals surface area (Å²) in [5.74, 6) is 1.27. The molecule has 1 spiro atoms. The average molecular weight is 1320 g/mol. The van der Waals surface area contributed by atoms with Crippen LogP contribution in [0.15, 0.2) is 71.7 Å². The minimum absolute atomic E-state index is 0.00225. The first-order chi connectivity index (χ1) is 43.7. The SMILES string of the molecule is CC(C)C[C@@H]1NC[C@@H](COCC(F)(F)F)NC(C)[C@H](C)N2CCCC2=CN(C)C(CC2CCCCC2)=CN(C)C=CN=C(CCc2ccc(C(F)(F)F)c(Cl)c2)C=CNCCNCC2(CCCC2)NC(C)[C@H](C(C)C)N2C(C)[C@H](C(=O)N3CCCCC3)C2CNC1C. The van der Waals surface area contributed by atoms with Crippen molar-refractivity contribution in [1.82, 2.24) is 56.4 Å². The van der Waals surface area contributed by atoms with Crippen LogP contribution in [0.1, 0.15) is 183 Å². The van der Waals surface area contributed by atoms with Crippen molar-refractivity contribution in [3.63, 3.8) is 0 Å². The van der Waals surface area contributed by atoms with E-state index >= 15 is 0 Å². The molecule has 14 nitrogen and oxygen atoms in total. The Bertz CT molecular complexity index is 2560. The lowest BCUT2D eigenvalue weighted by atomic mass is 9.74. The van der Waals surface area contributed by atoms with Crippen LogP contribution in [0.5, 0.6) is 0 Å². The number of likely N-dealkylation sites (tertiary alicyclic amines) is 1. The minimum Gasteiger partial charge on any atom is -0.390 e. The standard InChI is InChI=1S/C71H117ClF6N12O2/c1-49(2)39-64-52(6)82-43-65-66(68(91)88-35-18-13-19-36-88)55(9)90(65)67(50(3)4)53(7)85-69(29-16-17-30-69)47-80-33-32-79-31-28-58(26-24-57-25-27-62(63(72)41-57)71(76,77)78)81-34-38-86(10)44-61(40-56-21-14-12-15-22-56)87(11)45-60-23-20-37-89(60)54(8)51(5)84-59(42-83-64)46-92-48-70(73,74)75/h25,27-28,31,34,38,41,44-45,49-56,59,64-67,79-80,82-85H,12-24,26,29-30,32-33,35-37,39-40,42-43,46-48H2,1-11H3/t51?,52?,53?,54-,55?,59-,64-,65?,66-,67-/m0/s1. The van der Waals surface area contributed by atoms with Crippen LogP contribution in [0.3, 0.4) is 0 Å². The number of piperidine rings is 1. The zero-order valence-corrected chi connectivity index (χ0v) is 58.4. The van der Waals surface area contributed by atoms with Gasteiger partial charge in [-0.15, -0.1) is 0 Å². The number of nitrogens with zero attached hydrogens (tertiary/aromatic N) is 6. The topological polar surface area (TPSA) is 127 Å². The molecule has 1 aromatic carbocycles. The molecule has 0 aromatic heterocycles. The molecule has 1 aromatic rings. The second kappa shape index (κ2) is 35.9. The van der Waals surface area contributed by atoms with Crippen molar-refractivity contribution in [3.05, 3.63) is 82.8 Å². The van der Waals surface area contributed by atoms with Gasteiger partial charge < -0.3 is 56.2 Å². The fourth-order valence-electron chi connectivity index (χ4n) is 15.7. The highest BCUT2D eigenvalue weighted by Crippen LogP contribution is 2.41. The average Bonchev–Trinajstić information content (AvgIpc) is 0.815. The highest BCUT2D eigenvalue weighted by atomic mass is 35.5. The Morgan fingerprint density at radius 3 is 2.21 bits per heavy atom. The Morgan fingerprint density at radius 1 is 0.815 bits per heavy atom. The maximum Gasteiger partial charge on any atom is 0.417 e. The monoisotopic (exact) mass is 1320 g/mol. The number of ether oxygens (including phenoxy) is 1. The van der Waals surface area contributed by atoms with E-state index in [4.69, 9.17) is 21.3 Å². The van der Waals surface area contributed by atoms with Gasteiger partial charge in [0.1, 0.15) is 6.61 Å². The van der Waals surface area contributed by atoms with Gasteiger partial charge >= 0.3 is 12.4 Å². The van der Waals surface area contributed by atoms with Gasteiger partial charge in [-0.1, -0.05) is 90.3 Å². The summed E-state index contributed by atoms with van der Waals surface area (Å²) in [4.78, 5) is 31.2. The zero-order chi connectivity index (χ0) is 66.8. The molecule has 5 fully saturated rings. The van der Waals surface area contributed by atoms with Crippen molar-refractivity contribution in [3.8, 4) is 0 Å². The van der Waals surface area contributed by atoms with Crippen molar-refractivity contribution >= 4 is 23.2 Å². The molecule has 522 valence electrons. The third-order valence-corrected chi connectivity index (χ3v) is 21.0. The summed E-state index contributed by atoms with van der Waals surface area (Å²) < 4.78 is 87.7. The van der Waals surface area contributed by atoms with E-state index in [1.807, 2.05) is 30.4 Å². The summed E-state index contributed by atoms with van der Waals surface area (Å²) in [6.07, 6.45) is 21.2. The number of carbonyl (C=O) groups is 1. The van der Waals surface area contributed by atoms with E-state index in [0.717, 1.165) is 115 Å². The molecule has 0 radical (unpaired) electrons. The van der Waals surface area contributed by atoms with Crippen LogP contribution in [0.25, 0.3) is 0 Å². The fourth-order valence-corrected chi connectivity index (χ4v) is 16.0. The number of aliphatic imine (C=N–C) groups is 1. The second-order valence-corrected chi connectivity index (χ2v) is 29.3. The number of aryl methyl sites for hydroxylation is 1. The number of hydrogen-bond donors (Lipinski definition) is 6. The quantitative estimate of drug-likeness (QED) is 0.112. The Labute approximate surface area is 554 Å². The van der Waals surface area contributed by atoms with Crippen molar-refractivity contribution in [2.75, 3.05) is 79.7 Å². The molecule has 4 heterocycles. The minimum atomic E-state index is -4.54. The molecule has 21 heteroatoms. The van der Waals surface area contributed by atoms with Gasteiger partial charge in [-0.2, -0.15) is 26.3 Å². The highest BCUT2D eigenvalue weighted by molar-refractivity contribution is 6.31. The molecule has 3 saturated heterocycles. The summed E-state index contributed by atoms with van der Waals surface area (Å²) in [5, 5.41) is 22.8. The fraction of sp³-hybridized carbons (Fsp3) is 0.775. The van der Waals surface area contributed by atoms with Gasteiger partial charge in [0.2, 0.25) is 5.91 Å². The van der Waals surface area contributed by atoms with Gasteiger partial charge in [-0.25, -0.2) is 0 Å². The number of alkyl halides is 6. The Morgan fingerprint density at radius 2 is 1.53 bits per heavy atom. The van der Waals surface area contributed by atoms with Gasteiger partial charge in [0.25, 0.3) is 0 Å². The molecule has 4 aliphatic heterocycles. The van der Waals surface area contributed by atoms with Crippen LogP contribution in [0.4, 0.5) is 26.3 Å². The molecular formula is C71H117ClF6N12O2. The first-order valence-electron chi connectivity index (χ1n) is 35.3. The van der Waals surface area contributed by atoms with Gasteiger partial charge in [-0.05, 0) is 153 Å². The molecule has 0 bridgehead atoms. The van der Waals surface area contributed by atoms with Crippen molar-refractivity contribution in [2.24, 2.45) is 28.7 Å². The van der Waals surface area contributed by atoms with E-state index in [2.05, 4.69) is 133 Å².